The van der Waals surface area contributed by atoms with Crippen molar-refractivity contribution < 1.29 is 9.90 Å². The quantitative estimate of drug-likeness (QED) is 0.867. The van der Waals surface area contributed by atoms with Gasteiger partial charge in [-0.05, 0) is 29.7 Å². The lowest BCUT2D eigenvalue weighted by Crippen LogP contribution is -2.26. The van der Waals surface area contributed by atoms with E-state index in [2.05, 4.69) is 28.2 Å². The molecule has 1 heterocycles. The van der Waals surface area contributed by atoms with E-state index in [1.165, 1.54) is 5.56 Å². The Morgan fingerprint density at radius 2 is 2.40 bits per heavy atom. The number of rotatable bonds is 2. The van der Waals surface area contributed by atoms with Crippen LogP contribution in [0.25, 0.3) is 0 Å². The van der Waals surface area contributed by atoms with Crippen LogP contribution in [0.15, 0.2) is 16.6 Å². The largest absolute Gasteiger partial charge is 0.480 e. The van der Waals surface area contributed by atoms with E-state index < -0.39 is 12.0 Å². The lowest BCUT2D eigenvalue weighted by atomic mass is 10.1. The Morgan fingerprint density at radius 1 is 1.67 bits per heavy atom. The molecule has 2 N–H and O–H groups in total. The molecule has 0 bridgehead atoms. The van der Waals surface area contributed by atoms with Crippen LogP contribution < -0.4 is 5.32 Å². The smallest absolute Gasteiger partial charge is 0.326 e. The predicted molar refractivity (Wildman–Crippen MR) is 62.3 cm³/mol. The van der Waals surface area contributed by atoms with Gasteiger partial charge in [-0.25, -0.2) is 4.79 Å². The van der Waals surface area contributed by atoms with E-state index in [1.807, 2.05) is 12.1 Å². The number of hydrogen-bond acceptors (Lipinski definition) is 2. The summed E-state index contributed by atoms with van der Waals surface area (Å²) in [7, 11) is 0. The normalized spacial score (nSPS) is 18.4. The molecule has 0 saturated carbocycles. The average molecular weight is 270 g/mol. The molecule has 0 amide bonds. The van der Waals surface area contributed by atoms with E-state index in [-0.39, 0.29) is 0 Å². The highest BCUT2D eigenvalue weighted by Gasteiger charge is 2.26. The molecule has 0 fully saturated rings. The van der Waals surface area contributed by atoms with Crippen molar-refractivity contribution in [3.05, 3.63) is 27.7 Å². The molecule has 0 spiro atoms. The molecule has 1 aromatic carbocycles. The van der Waals surface area contributed by atoms with E-state index in [9.17, 15) is 4.79 Å². The van der Waals surface area contributed by atoms with Crippen LogP contribution in [-0.2, 0) is 17.6 Å². The molecule has 2 rings (SSSR count). The number of anilines is 1. The highest BCUT2D eigenvalue weighted by atomic mass is 79.9. The summed E-state index contributed by atoms with van der Waals surface area (Å²) in [6.07, 6.45) is 1.50. The molecule has 0 aliphatic carbocycles. The maximum Gasteiger partial charge on any atom is 0.326 e. The van der Waals surface area contributed by atoms with Gasteiger partial charge in [0.2, 0.25) is 0 Å². The second-order valence-corrected chi connectivity index (χ2v) is 4.55. The van der Waals surface area contributed by atoms with E-state index >= 15 is 0 Å². The van der Waals surface area contributed by atoms with Gasteiger partial charge in [0.25, 0.3) is 0 Å². The van der Waals surface area contributed by atoms with Crippen molar-refractivity contribution in [2.24, 2.45) is 0 Å². The molecule has 0 saturated heterocycles. The van der Waals surface area contributed by atoms with Crippen molar-refractivity contribution in [3.63, 3.8) is 0 Å². The van der Waals surface area contributed by atoms with Gasteiger partial charge in [0.05, 0.1) is 0 Å². The molecule has 1 aliphatic rings. The standard InChI is InChI=1S/C11H12BrNO2/c1-2-6-4-9-7(3-8(6)12)5-10(13-9)11(14)15/h3-4,10,13H,2,5H2,1H3,(H,14,15). The first-order valence-electron chi connectivity index (χ1n) is 4.92. The maximum absolute atomic E-state index is 10.8. The molecule has 1 atom stereocenters. The fourth-order valence-electron chi connectivity index (χ4n) is 1.84. The van der Waals surface area contributed by atoms with Gasteiger partial charge in [-0.1, -0.05) is 22.9 Å². The Labute approximate surface area is 96.6 Å². The molecule has 80 valence electrons. The summed E-state index contributed by atoms with van der Waals surface area (Å²) in [5.74, 6) is -0.791. The first-order valence-corrected chi connectivity index (χ1v) is 5.71. The Morgan fingerprint density at radius 3 is 3.00 bits per heavy atom. The van der Waals surface area contributed by atoms with Crippen molar-refractivity contribution in [2.75, 3.05) is 5.32 Å². The highest BCUT2D eigenvalue weighted by Crippen LogP contribution is 2.31. The Bertz CT molecular complexity index is 417. The Kier molecular flexibility index (Phi) is 2.69. The molecule has 15 heavy (non-hydrogen) atoms. The van der Waals surface area contributed by atoms with Crippen molar-refractivity contribution in [3.8, 4) is 0 Å². The van der Waals surface area contributed by atoms with Gasteiger partial charge >= 0.3 is 5.97 Å². The molecule has 1 unspecified atom stereocenters. The third-order valence-corrected chi connectivity index (χ3v) is 3.44. The number of benzene rings is 1. The van der Waals surface area contributed by atoms with Crippen LogP contribution >= 0.6 is 15.9 Å². The number of aliphatic carboxylic acids is 1. The minimum atomic E-state index is -0.791. The van der Waals surface area contributed by atoms with Crippen LogP contribution in [0.4, 0.5) is 5.69 Å². The lowest BCUT2D eigenvalue weighted by molar-refractivity contribution is -0.137. The van der Waals surface area contributed by atoms with Crippen molar-refractivity contribution >= 4 is 27.6 Å². The van der Waals surface area contributed by atoms with Crippen LogP contribution in [0.3, 0.4) is 0 Å². The summed E-state index contributed by atoms with van der Waals surface area (Å²) in [5.41, 5.74) is 3.24. The van der Waals surface area contributed by atoms with Gasteiger partial charge in [0, 0.05) is 16.6 Å². The second-order valence-electron chi connectivity index (χ2n) is 3.69. The van der Waals surface area contributed by atoms with Gasteiger partial charge in [0.1, 0.15) is 6.04 Å². The zero-order valence-corrected chi connectivity index (χ0v) is 9.97. The number of halogens is 1. The summed E-state index contributed by atoms with van der Waals surface area (Å²) >= 11 is 3.49. The van der Waals surface area contributed by atoms with Crippen LogP contribution in [0, 0.1) is 0 Å². The van der Waals surface area contributed by atoms with Crippen molar-refractivity contribution in [2.45, 2.75) is 25.8 Å². The van der Waals surface area contributed by atoms with Gasteiger partial charge in [-0.2, -0.15) is 0 Å². The minimum Gasteiger partial charge on any atom is -0.480 e. The van der Waals surface area contributed by atoms with Crippen molar-refractivity contribution in [1.82, 2.24) is 0 Å². The predicted octanol–water partition coefficient (Wildman–Crippen LogP) is 2.43. The topological polar surface area (TPSA) is 49.3 Å². The van der Waals surface area contributed by atoms with Gasteiger partial charge in [-0.3, -0.25) is 0 Å². The zero-order valence-electron chi connectivity index (χ0n) is 8.38. The summed E-state index contributed by atoms with van der Waals surface area (Å²) in [5, 5.41) is 11.9. The maximum atomic E-state index is 10.8. The molecule has 0 radical (unpaired) electrons. The first-order chi connectivity index (χ1) is 7.11. The van der Waals surface area contributed by atoms with Gasteiger partial charge < -0.3 is 10.4 Å². The second kappa shape index (κ2) is 3.85. The summed E-state index contributed by atoms with van der Waals surface area (Å²) in [4.78, 5) is 10.8. The summed E-state index contributed by atoms with van der Waals surface area (Å²) in [6.45, 7) is 2.08. The molecule has 1 aliphatic heterocycles. The third kappa shape index (κ3) is 1.86. The van der Waals surface area contributed by atoms with Crippen LogP contribution in [0.5, 0.6) is 0 Å². The van der Waals surface area contributed by atoms with E-state index in [0.29, 0.717) is 6.42 Å². The van der Waals surface area contributed by atoms with Gasteiger partial charge in [-0.15, -0.1) is 0 Å². The number of nitrogens with one attached hydrogen (secondary N) is 1. The molecule has 4 heteroatoms. The van der Waals surface area contributed by atoms with Crippen LogP contribution in [-0.4, -0.2) is 17.1 Å². The number of fused-ring (bicyclic) bond motifs is 1. The molecule has 0 aromatic heterocycles. The highest BCUT2D eigenvalue weighted by molar-refractivity contribution is 9.10. The number of hydrogen-bond donors (Lipinski definition) is 2. The molecule has 1 aromatic rings. The molecular weight excluding hydrogens is 258 g/mol. The Hall–Kier alpha value is -1.03. The summed E-state index contributed by atoms with van der Waals surface area (Å²) < 4.78 is 1.07. The molecule has 3 nitrogen and oxygen atoms in total. The van der Waals surface area contributed by atoms with E-state index in [4.69, 9.17) is 5.11 Å². The lowest BCUT2D eigenvalue weighted by Gasteiger charge is -2.06. The summed E-state index contributed by atoms with van der Waals surface area (Å²) in [6, 6.07) is 3.57. The number of aryl methyl sites for hydroxylation is 1. The number of carbonyl (C=O) groups is 1. The van der Waals surface area contributed by atoms with E-state index in [0.717, 1.165) is 22.1 Å². The van der Waals surface area contributed by atoms with Gasteiger partial charge in [0.15, 0.2) is 0 Å². The fourth-order valence-corrected chi connectivity index (χ4v) is 2.51. The van der Waals surface area contributed by atoms with Crippen LogP contribution in [0.2, 0.25) is 0 Å². The molecular formula is C11H12BrNO2. The van der Waals surface area contributed by atoms with Crippen LogP contribution in [0.1, 0.15) is 18.1 Å². The minimum absolute atomic E-state index is 0.473. The fraction of sp³-hybridized carbons (Fsp3) is 0.364. The van der Waals surface area contributed by atoms with E-state index in [1.54, 1.807) is 0 Å². The number of carboxylic acids is 1. The first kappa shape index (κ1) is 10.5. The third-order valence-electron chi connectivity index (χ3n) is 2.71. The van der Waals surface area contributed by atoms with Crippen molar-refractivity contribution in [1.29, 1.82) is 0 Å². The average Bonchev–Trinajstić information content (AvgIpc) is 2.59. The SMILES string of the molecule is CCc1cc2c(cc1Br)CC(C(=O)O)N2. The monoisotopic (exact) mass is 269 g/mol. The number of carboxylic acid groups (broad SMARTS) is 1. The zero-order chi connectivity index (χ0) is 11.0. The Balaban J connectivity index is 2.35.